The Bertz CT molecular complexity index is 1250. The van der Waals surface area contributed by atoms with Crippen LogP contribution in [0.25, 0.3) is 0 Å². The minimum Gasteiger partial charge on any atom is -0.475 e. The summed E-state index contributed by atoms with van der Waals surface area (Å²) in [5.74, 6) is -3.56. The largest absolute Gasteiger partial charge is 0.490 e. The number of carbonyl (C=O) groups excluding carboxylic acids is 1. The summed E-state index contributed by atoms with van der Waals surface area (Å²) in [4.78, 5) is 24.7. The Hall–Kier alpha value is -3.91. The molecule has 0 aliphatic rings. The van der Waals surface area contributed by atoms with Crippen LogP contribution in [0.15, 0.2) is 60.8 Å². The Labute approximate surface area is 215 Å². The summed E-state index contributed by atoms with van der Waals surface area (Å²) in [5, 5.41) is 9.58. The van der Waals surface area contributed by atoms with Crippen LogP contribution in [0.4, 0.5) is 36.4 Å². The highest BCUT2D eigenvalue weighted by Crippen LogP contribution is 2.30. The van der Waals surface area contributed by atoms with Crippen LogP contribution >= 0.6 is 11.6 Å². The second-order valence-corrected chi connectivity index (χ2v) is 7.77. The summed E-state index contributed by atoms with van der Waals surface area (Å²) in [7, 11) is 0. The summed E-state index contributed by atoms with van der Waals surface area (Å²) in [6.07, 6.45) is -8.67. The van der Waals surface area contributed by atoms with E-state index in [0.717, 1.165) is 23.8 Å². The summed E-state index contributed by atoms with van der Waals surface area (Å²) in [5.41, 5.74) is 5.99. The predicted octanol–water partition coefficient (Wildman–Crippen LogP) is 5.83. The first-order chi connectivity index (χ1) is 17.6. The molecule has 204 valence electrons. The Kier molecular flexibility index (Phi) is 10.0. The number of nitrogens with one attached hydrogen (secondary N) is 1. The van der Waals surface area contributed by atoms with Crippen molar-refractivity contribution in [2.75, 3.05) is 5.32 Å². The molecule has 38 heavy (non-hydrogen) atoms. The summed E-state index contributed by atoms with van der Waals surface area (Å²) >= 11 is 5.60. The minimum absolute atomic E-state index is 0.00651. The molecule has 0 aliphatic carbocycles. The molecule has 7 nitrogen and oxygen atoms in total. The minimum atomic E-state index is -5.08. The fourth-order valence-corrected chi connectivity index (χ4v) is 2.70. The standard InChI is InChI=1S/C21H16ClF4N3O2.C2HF3O2/c22-16-7-4-14(10-17(16)23)29-20(30)18(27)9-12-1-5-15(6-2-12)31-19-8-3-13(11-28-19)21(24,25)26;3-2(4,5)1(6)7/h1-8,10-11,18H,9,27H2,(H,29,30);(H,6,7)/t18-;/m0./s1. The Morgan fingerprint density at radius 1 is 1.03 bits per heavy atom. The summed E-state index contributed by atoms with van der Waals surface area (Å²) in [6.45, 7) is 0. The number of aromatic nitrogens is 1. The number of ether oxygens (including phenoxy) is 1. The zero-order valence-corrected chi connectivity index (χ0v) is 19.5. The number of nitrogens with two attached hydrogens (primary N) is 1. The first-order valence-electron chi connectivity index (χ1n) is 10.2. The number of hydrogen-bond donors (Lipinski definition) is 3. The van der Waals surface area contributed by atoms with Gasteiger partial charge in [-0.3, -0.25) is 4.79 Å². The van der Waals surface area contributed by atoms with Gasteiger partial charge in [0.05, 0.1) is 16.6 Å². The monoisotopic (exact) mass is 567 g/mol. The second-order valence-electron chi connectivity index (χ2n) is 7.36. The zero-order valence-electron chi connectivity index (χ0n) is 18.8. The third-order valence-electron chi connectivity index (χ3n) is 4.43. The van der Waals surface area contributed by atoms with E-state index >= 15 is 0 Å². The lowest BCUT2D eigenvalue weighted by Crippen LogP contribution is -2.37. The maximum atomic E-state index is 13.5. The van der Waals surface area contributed by atoms with Crippen molar-refractivity contribution < 1.29 is 50.2 Å². The quantitative estimate of drug-likeness (QED) is 0.323. The van der Waals surface area contributed by atoms with E-state index in [2.05, 4.69) is 10.3 Å². The first-order valence-corrected chi connectivity index (χ1v) is 10.6. The van der Waals surface area contributed by atoms with Crippen molar-refractivity contribution in [3.05, 3.63) is 82.8 Å². The number of hydrogen-bond acceptors (Lipinski definition) is 5. The van der Waals surface area contributed by atoms with Crippen molar-refractivity contribution >= 4 is 29.2 Å². The maximum absolute atomic E-state index is 13.5. The molecular formula is C23H17ClF7N3O4. The molecule has 1 atom stereocenters. The molecule has 3 rings (SSSR count). The molecule has 2 aromatic carbocycles. The van der Waals surface area contributed by atoms with Crippen LogP contribution in [0.1, 0.15) is 11.1 Å². The van der Waals surface area contributed by atoms with Gasteiger partial charge in [0, 0.05) is 18.0 Å². The van der Waals surface area contributed by atoms with Crippen molar-refractivity contribution in [3.63, 3.8) is 0 Å². The van der Waals surface area contributed by atoms with Crippen LogP contribution in [0, 0.1) is 5.82 Å². The van der Waals surface area contributed by atoms with Gasteiger partial charge in [0.2, 0.25) is 11.8 Å². The Morgan fingerprint density at radius 2 is 1.63 bits per heavy atom. The van der Waals surface area contributed by atoms with E-state index in [1.807, 2.05) is 0 Å². The van der Waals surface area contributed by atoms with E-state index in [-0.39, 0.29) is 23.0 Å². The van der Waals surface area contributed by atoms with Crippen molar-refractivity contribution in [2.45, 2.75) is 24.8 Å². The fourth-order valence-electron chi connectivity index (χ4n) is 2.58. The van der Waals surface area contributed by atoms with Gasteiger partial charge in [0.15, 0.2) is 0 Å². The SMILES string of the molecule is N[C@@H](Cc1ccc(Oc2ccc(C(F)(F)F)cn2)cc1)C(=O)Nc1ccc(Cl)c(F)c1.O=C(O)C(F)(F)F. The molecule has 0 spiro atoms. The number of pyridine rings is 1. The number of anilines is 1. The highest BCUT2D eigenvalue weighted by atomic mass is 35.5. The van der Waals surface area contributed by atoms with Gasteiger partial charge in [-0.15, -0.1) is 0 Å². The van der Waals surface area contributed by atoms with Crippen LogP contribution in [-0.4, -0.2) is 34.2 Å². The third kappa shape index (κ3) is 9.52. The van der Waals surface area contributed by atoms with E-state index in [4.69, 9.17) is 32.0 Å². The van der Waals surface area contributed by atoms with Crippen molar-refractivity contribution in [1.82, 2.24) is 4.98 Å². The average molecular weight is 568 g/mol. The second kappa shape index (κ2) is 12.6. The molecule has 0 unspecified atom stereocenters. The van der Waals surface area contributed by atoms with Gasteiger partial charge < -0.3 is 20.9 Å². The molecule has 0 aliphatic heterocycles. The molecule has 0 saturated carbocycles. The molecule has 4 N–H and O–H groups in total. The van der Waals surface area contributed by atoms with E-state index in [1.165, 1.54) is 12.1 Å². The lowest BCUT2D eigenvalue weighted by molar-refractivity contribution is -0.192. The zero-order chi connectivity index (χ0) is 28.7. The number of nitrogens with zero attached hydrogens (tertiary/aromatic N) is 1. The predicted molar refractivity (Wildman–Crippen MR) is 121 cm³/mol. The number of alkyl halides is 6. The van der Waals surface area contributed by atoms with Crippen molar-refractivity contribution in [1.29, 1.82) is 0 Å². The van der Waals surface area contributed by atoms with Crippen LogP contribution < -0.4 is 15.8 Å². The van der Waals surface area contributed by atoms with Crippen molar-refractivity contribution in [2.24, 2.45) is 5.73 Å². The van der Waals surface area contributed by atoms with Gasteiger partial charge in [-0.2, -0.15) is 26.3 Å². The van der Waals surface area contributed by atoms with Gasteiger partial charge in [0.25, 0.3) is 0 Å². The fraction of sp³-hybridized carbons (Fsp3) is 0.174. The van der Waals surface area contributed by atoms with E-state index < -0.39 is 41.7 Å². The highest BCUT2D eigenvalue weighted by Gasteiger charge is 2.38. The topological polar surface area (TPSA) is 115 Å². The number of aliphatic carboxylic acids is 1. The summed E-state index contributed by atoms with van der Waals surface area (Å²) in [6, 6.07) is 11.4. The van der Waals surface area contributed by atoms with Gasteiger partial charge in [-0.1, -0.05) is 23.7 Å². The first kappa shape index (κ1) is 30.3. The normalized spacial score (nSPS) is 12.1. The van der Waals surface area contributed by atoms with Crippen LogP contribution in [0.3, 0.4) is 0 Å². The number of halogens is 8. The molecule has 1 aromatic heterocycles. The van der Waals surface area contributed by atoms with Crippen LogP contribution in [0.2, 0.25) is 5.02 Å². The number of carboxylic acid groups (broad SMARTS) is 1. The van der Waals surface area contributed by atoms with Gasteiger partial charge in [-0.25, -0.2) is 14.2 Å². The average Bonchev–Trinajstić information content (AvgIpc) is 2.82. The van der Waals surface area contributed by atoms with Crippen LogP contribution in [-0.2, 0) is 22.2 Å². The molecule has 0 fully saturated rings. The Balaban J connectivity index is 0.000000638. The molecule has 0 radical (unpaired) electrons. The van der Waals surface area contributed by atoms with Gasteiger partial charge in [-0.05, 0) is 48.4 Å². The van der Waals surface area contributed by atoms with Gasteiger partial charge >= 0.3 is 18.3 Å². The third-order valence-corrected chi connectivity index (χ3v) is 4.74. The lowest BCUT2D eigenvalue weighted by atomic mass is 10.1. The molecule has 1 amide bonds. The molecule has 1 heterocycles. The number of carbonyl (C=O) groups is 2. The molecular weight excluding hydrogens is 551 g/mol. The lowest BCUT2D eigenvalue weighted by Gasteiger charge is -2.13. The number of amides is 1. The van der Waals surface area contributed by atoms with E-state index in [0.29, 0.717) is 11.9 Å². The highest BCUT2D eigenvalue weighted by molar-refractivity contribution is 6.30. The van der Waals surface area contributed by atoms with Gasteiger partial charge in [0.1, 0.15) is 11.6 Å². The van der Waals surface area contributed by atoms with E-state index in [9.17, 15) is 35.5 Å². The number of rotatable bonds is 6. The maximum Gasteiger partial charge on any atom is 0.490 e. The number of benzene rings is 2. The molecule has 0 bridgehead atoms. The molecule has 0 saturated heterocycles. The van der Waals surface area contributed by atoms with Crippen molar-refractivity contribution in [3.8, 4) is 11.6 Å². The molecule has 3 aromatic rings. The van der Waals surface area contributed by atoms with E-state index in [1.54, 1.807) is 24.3 Å². The summed E-state index contributed by atoms with van der Waals surface area (Å²) < 4.78 is 88.3. The van der Waals surface area contributed by atoms with Crippen LogP contribution in [0.5, 0.6) is 11.6 Å². The number of carboxylic acids is 1. The molecule has 15 heteroatoms. The smallest absolute Gasteiger partial charge is 0.475 e. The Morgan fingerprint density at radius 3 is 2.11 bits per heavy atom.